The summed E-state index contributed by atoms with van der Waals surface area (Å²) in [7, 11) is -3.75. The van der Waals surface area contributed by atoms with Crippen molar-refractivity contribution in [1.29, 1.82) is 0 Å². The lowest BCUT2D eigenvalue weighted by Gasteiger charge is -2.13. The number of non-ortho nitro benzene ring substituents is 1. The fourth-order valence-corrected chi connectivity index (χ4v) is 4.19. The Kier molecular flexibility index (Phi) is 5.11. The first-order valence-electron chi connectivity index (χ1n) is 7.14. The number of ether oxygens (including phenoxy) is 2. The van der Waals surface area contributed by atoms with Gasteiger partial charge in [0.25, 0.3) is 5.69 Å². The summed E-state index contributed by atoms with van der Waals surface area (Å²) in [5, 5.41) is 10.6. The van der Waals surface area contributed by atoms with E-state index in [0.717, 1.165) is 17.7 Å². The van der Waals surface area contributed by atoms with Gasteiger partial charge >= 0.3 is 0 Å². The monoisotopic (exact) mass is 476 g/mol. The first kappa shape index (κ1) is 17.9. The molecule has 0 aliphatic carbocycles. The fourth-order valence-electron chi connectivity index (χ4n) is 2.24. The van der Waals surface area contributed by atoms with E-state index in [4.69, 9.17) is 9.47 Å². The van der Waals surface area contributed by atoms with Crippen LogP contribution in [0.1, 0.15) is 9.49 Å². The number of nitro benzene ring substituents is 1. The highest BCUT2D eigenvalue weighted by Crippen LogP contribution is 2.36. The van der Waals surface area contributed by atoms with Crippen molar-refractivity contribution in [3.05, 3.63) is 58.1 Å². The highest BCUT2D eigenvalue weighted by atomic mass is 127. The molecule has 1 aliphatic rings. The molecular weight excluding hydrogens is 463 g/mol. The molecule has 1 N–H and O–H groups in total. The zero-order valence-corrected chi connectivity index (χ0v) is 15.7. The molecule has 0 amide bonds. The van der Waals surface area contributed by atoms with Gasteiger partial charge in [-0.1, -0.05) is 28.7 Å². The maximum absolute atomic E-state index is 12.3. The van der Waals surface area contributed by atoms with Crippen molar-refractivity contribution in [2.45, 2.75) is 8.82 Å². The largest absolute Gasteiger partial charge is 0.454 e. The van der Waals surface area contributed by atoms with Crippen LogP contribution in [-0.2, 0) is 10.0 Å². The molecular formula is C15H13IN2O6S. The second-order valence-electron chi connectivity index (χ2n) is 5.18. The van der Waals surface area contributed by atoms with Gasteiger partial charge in [0.1, 0.15) is 0 Å². The number of nitrogens with one attached hydrogen (secondary N) is 1. The van der Waals surface area contributed by atoms with Crippen molar-refractivity contribution >= 4 is 38.3 Å². The molecule has 1 unspecified atom stereocenters. The number of nitro groups is 1. The first-order valence-corrected chi connectivity index (χ1v) is 9.87. The standard InChI is InChI=1S/C15H13IN2O6S/c16-13(10-1-6-14-15(7-10)24-9-23-14)8-17-25(21,22)12-4-2-11(3-5-12)18(19)20/h1-7,13,17H,8-9H2. The van der Waals surface area contributed by atoms with E-state index in [1.807, 2.05) is 12.1 Å². The predicted octanol–water partition coefficient (Wildman–Crippen LogP) is 2.78. The Morgan fingerprint density at radius 3 is 2.52 bits per heavy atom. The van der Waals surface area contributed by atoms with Crippen LogP contribution in [0.25, 0.3) is 0 Å². The smallest absolute Gasteiger partial charge is 0.269 e. The van der Waals surface area contributed by atoms with E-state index in [2.05, 4.69) is 27.3 Å². The van der Waals surface area contributed by atoms with Gasteiger partial charge in [-0.25, -0.2) is 13.1 Å². The Labute approximate surface area is 157 Å². The Morgan fingerprint density at radius 2 is 1.84 bits per heavy atom. The van der Waals surface area contributed by atoms with Gasteiger partial charge in [0.15, 0.2) is 11.5 Å². The van der Waals surface area contributed by atoms with E-state index in [1.165, 1.54) is 12.1 Å². The molecule has 0 bridgehead atoms. The highest BCUT2D eigenvalue weighted by Gasteiger charge is 2.20. The van der Waals surface area contributed by atoms with E-state index < -0.39 is 14.9 Å². The van der Waals surface area contributed by atoms with Gasteiger partial charge in [-0.2, -0.15) is 0 Å². The highest BCUT2D eigenvalue weighted by molar-refractivity contribution is 14.1. The number of hydrogen-bond acceptors (Lipinski definition) is 6. The molecule has 10 heteroatoms. The summed E-state index contributed by atoms with van der Waals surface area (Å²) in [6.07, 6.45) is 0. The third-order valence-electron chi connectivity index (χ3n) is 3.57. The minimum Gasteiger partial charge on any atom is -0.454 e. The molecule has 0 saturated heterocycles. The minimum atomic E-state index is -3.75. The van der Waals surface area contributed by atoms with Crippen molar-refractivity contribution in [2.75, 3.05) is 13.3 Å². The molecule has 2 aromatic rings. The zero-order chi connectivity index (χ0) is 18.0. The lowest BCUT2D eigenvalue weighted by Crippen LogP contribution is -2.26. The van der Waals surface area contributed by atoms with Gasteiger partial charge in [-0.3, -0.25) is 10.1 Å². The SMILES string of the molecule is O=[N+]([O-])c1ccc(S(=O)(=O)NCC(I)c2ccc3c(c2)OCO3)cc1. The molecule has 25 heavy (non-hydrogen) atoms. The second-order valence-corrected chi connectivity index (χ2v) is 8.45. The third-order valence-corrected chi connectivity index (χ3v) is 6.17. The molecule has 1 aliphatic heterocycles. The van der Waals surface area contributed by atoms with Crippen LogP contribution < -0.4 is 14.2 Å². The van der Waals surface area contributed by atoms with Gasteiger partial charge in [-0.05, 0) is 29.8 Å². The molecule has 132 valence electrons. The second kappa shape index (κ2) is 7.14. The molecule has 3 rings (SSSR count). The summed E-state index contributed by atoms with van der Waals surface area (Å²) in [6.45, 7) is 0.344. The van der Waals surface area contributed by atoms with Crippen LogP contribution in [0.15, 0.2) is 47.4 Å². The van der Waals surface area contributed by atoms with Crippen LogP contribution in [0.3, 0.4) is 0 Å². The fraction of sp³-hybridized carbons (Fsp3) is 0.200. The molecule has 0 spiro atoms. The normalized spacial score (nSPS) is 14.3. The summed E-state index contributed by atoms with van der Waals surface area (Å²) in [6, 6.07) is 10.2. The van der Waals surface area contributed by atoms with E-state index in [9.17, 15) is 18.5 Å². The number of rotatable bonds is 6. The molecule has 1 atom stereocenters. The zero-order valence-electron chi connectivity index (χ0n) is 12.7. The Morgan fingerprint density at radius 1 is 1.16 bits per heavy atom. The average Bonchev–Trinajstić information content (AvgIpc) is 3.07. The molecule has 1 heterocycles. The average molecular weight is 476 g/mol. The van der Waals surface area contributed by atoms with Crippen LogP contribution in [0.4, 0.5) is 5.69 Å². The summed E-state index contributed by atoms with van der Waals surface area (Å²) in [5.74, 6) is 1.30. The Hall–Kier alpha value is -1.92. The van der Waals surface area contributed by atoms with Crippen molar-refractivity contribution in [3.8, 4) is 11.5 Å². The number of benzene rings is 2. The lowest BCUT2D eigenvalue weighted by atomic mass is 10.1. The third kappa shape index (κ3) is 4.02. The number of nitrogens with zero attached hydrogens (tertiary/aromatic N) is 1. The van der Waals surface area contributed by atoms with Crippen LogP contribution in [-0.4, -0.2) is 26.7 Å². The maximum atomic E-state index is 12.3. The number of sulfonamides is 1. The van der Waals surface area contributed by atoms with Crippen molar-refractivity contribution in [3.63, 3.8) is 0 Å². The number of hydrogen-bond donors (Lipinski definition) is 1. The molecule has 0 aromatic heterocycles. The Bertz CT molecular complexity index is 901. The summed E-state index contributed by atoms with van der Waals surface area (Å²) in [5.41, 5.74) is 0.738. The molecule has 2 aromatic carbocycles. The van der Waals surface area contributed by atoms with Gasteiger partial charge in [-0.15, -0.1) is 0 Å². The number of halogens is 1. The lowest BCUT2D eigenvalue weighted by molar-refractivity contribution is -0.384. The number of alkyl halides is 1. The number of fused-ring (bicyclic) bond motifs is 1. The molecule has 0 fully saturated rings. The van der Waals surface area contributed by atoms with Crippen LogP contribution in [0.2, 0.25) is 0 Å². The maximum Gasteiger partial charge on any atom is 0.269 e. The summed E-state index contributed by atoms with van der Waals surface area (Å²) in [4.78, 5) is 10.0. The topological polar surface area (TPSA) is 108 Å². The van der Waals surface area contributed by atoms with E-state index in [1.54, 1.807) is 6.07 Å². The Balaban J connectivity index is 1.68. The molecule has 8 nitrogen and oxygen atoms in total. The van der Waals surface area contributed by atoms with Crippen molar-refractivity contribution in [1.82, 2.24) is 4.72 Å². The summed E-state index contributed by atoms with van der Waals surface area (Å²) < 4.78 is 37.6. The first-order chi connectivity index (χ1) is 11.9. The summed E-state index contributed by atoms with van der Waals surface area (Å²) >= 11 is 2.13. The van der Waals surface area contributed by atoms with Gasteiger partial charge < -0.3 is 9.47 Å². The van der Waals surface area contributed by atoms with Crippen molar-refractivity contribution < 1.29 is 22.8 Å². The predicted molar refractivity (Wildman–Crippen MR) is 97.6 cm³/mol. The van der Waals surface area contributed by atoms with Gasteiger partial charge in [0.05, 0.1) is 9.82 Å². The van der Waals surface area contributed by atoms with E-state index in [-0.39, 0.29) is 27.8 Å². The molecule has 0 saturated carbocycles. The van der Waals surface area contributed by atoms with Crippen LogP contribution in [0, 0.1) is 10.1 Å². The van der Waals surface area contributed by atoms with Gasteiger partial charge in [0.2, 0.25) is 16.8 Å². The van der Waals surface area contributed by atoms with Crippen LogP contribution in [0.5, 0.6) is 11.5 Å². The van der Waals surface area contributed by atoms with E-state index in [0.29, 0.717) is 11.5 Å². The van der Waals surface area contributed by atoms with Crippen molar-refractivity contribution in [2.24, 2.45) is 0 Å². The van der Waals surface area contributed by atoms with E-state index >= 15 is 0 Å². The minimum absolute atomic E-state index is 0.0209. The quantitative estimate of drug-likeness (QED) is 0.298. The van der Waals surface area contributed by atoms with Crippen LogP contribution >= 0.6 is 22.6 Å². The van der Waals surface area contributed by atoms with Gasteiger partial charge in [0, 0.05) is 22.6 Å². The molecule has 0 radical (unpaired) electrons.